The normalized spacial score (nSPS) is 14.9. The van der Waals surface area contributed by atoms with Gasteiger partial charge in [0.15, 0.2) is 11.6 Å². The number of nitrogens with zero attached hydrogens (tertiary/aromatic N) is 1. The van der Waals surface area contributed by atoms with Crippen LogP contribution in [-0.2, 0) is 17.2 Å². The first-order valence-corrected chi connectivity index (χ1v) is 15.1. The van der Waals surface area contributed by atoms with Gasteiger partial charge in [-0.25, -0.2) is 8.78 Å². The topological polar surface area (TPSA) is 40.5 Å². The monoisotopic (exact) mass is 571 g/mol. The van der Waals surface area contributed by atoms with Crippen LogP contribution in [0.1, 0.15) is 74.5 Å². The molecule has 216 valence electrons. The number of alkyl halides is 3. The van der Waals surface area contributed by atoms with Crippen LogP contribution in [0.15, 0.2) is 36.4 Å². The summed E-state index contributed by atoms with van der Waals surface area (Å²) >= 11 is 0. The zero-order valence-corrected chi connectivity index (χ0v) is 23.3. The van der Waals surface area contributed by atoms with Crippen molar-refractivity contribution in [3.05, 3.63) is 64.7 Å². The first-order chi connectivity index (χ1) is 18.5. The van der Waals surface area contributed by atoms with Crippen molar-refractivity contribution in [3.63, 3.8) is 0 Å². The minimum Gasteiger partial charge on any atom is -0.508 e. The maximum absolute atomic E-state index is 14.1. The van der Waals surface area contributed by atoms with E-state index in [-0.39, 0.29) is 17.3 Å². The molecular weight excluding hydrogens is 533 g/mol. The van der Waals surface area contributed by atoms with Gasteiger partial charge in [-0.3, -0.25) is 4.21 Å². The van der Waals surface area contributed by atoms with Crippen LogP contribution in [0.25, 0.3) is 11.1 Å². The number of phenolic OH excluding ortho intramolecular Hbond substituents is 1. The third-order valence-electron chi connectivity index (χ3n) is 7.16. The Balaban J connectivity index is 1.50. The standard InChI is InChI=1S/C30H38F5NO2S/c1-36(17-7-18-39(38)19-15-30(33,34)35)16-5-3-2-4-9-27-25(23-11-14-28(31)29(32)21-23)10-6-8-22-20-24(37)12-13-26(22)27/h11-14,20-21,37H,2-10,15-19H2,1H3. The molecule has 0 saturated carbocycles. The van der Waals surface area contributed by atoms with Crippen LogP contribution in [0.3, 0.4) is 0 Å². The van der Waals surface area contributed by atoms with E-state index >= 15 is 0 Å². The summed E-state index contributed by atoms with van der Waals surface area (Å²) in [6.45, 7) is 1.56. The van der Waals surface area contributed by atoms with E-state index in [1.165, 1.54) is 12.1 Å². The van der Waals surface area contributed by atoms with Crippen LogP contribution in [-0.4, -0.2) is 52.0 Å². The third-order valence-corrected chi connectivity index (χ3v) is 8.56. The lowest BCUT2D eigenvalue weighted by Gasteiger charge is -2.17. The summed E-state index contributed by atoms with van der Waals surface area (Å²) < 4.78 is 76.1. The quantitative estimate of drug-likeness (QED) is 0.185. The summed E-state index contributed by atoms with van der Waals surface area (Å²) in [5.74, 6) is -1.53. The van der Waals surface area contributed by atoms with Crippen molar-refractivity contribution in [1.82, 2.24) is 4.90 Å². The van der Waals surface area contributed by atoms with Gasteiger partial charge in [0, 0.05) is 22.3 Å². The Morgan fingerprint density at radius 1 is 0.897 bits per heavy atom. The van der Waals surface area contributed by atoms with Gasteiger partial charge in [-0.2, -0.15) is 13.2 Å². The third kappa shape index (κ3) is 10.3. The predicted octanol–water partition coefficient (Wildman–Crippen LogP) is 7.89. The Morgan fingerprint density at radius 2 is 1.64 bits per heavy atom. The molecule has 1 atom stereocenters. The molecule has 0 aromatic heterocycles. The molecule has 2 aromatic rings. The van der Waals surface area contributed by atoms with Crippen LogP contribution in [0.5, 0.6) is 5.75 Å². The van der Waals surface area contributed by atoms with E-state index < -0.39 is 35.0 Å². The lowest BCUT2D eigenvalue weighted by Crippen LogP contribution is -2.23. The smallest absolute Gasteiger partial charge is 0.390 e. The van der Waals surface area contributed by atoms with E-state index in [1.807, 2.05) is 13.1 Å². The second-order valence-electron chi connectivity index (χ2n) is 10.3. The molecule has 1 aliphatic carbocycles. The largest absolute Gasteiger partial charge is 0.508 e. The summed E-state index contributed by atoms with van der Waals surface area (Å²) in [6.07, 6.45) is 2.49. The minimum atomic E-state index is -4.26. The summed E-state index contributed by atoms with van der Waals surface area (Å²) in [4.78, 5) is 2.12. The molecule has 1 aliphatic rings. The van der Waals surface area contributed by atoms with Crippen molar-refractivity contribution in [2.24, 2.45) is 0 Å². The summed E-state index contributed by atoms with van der Waals surface area (Å²) in [7, 11) is 0.530. The molecule has 2 aromatic carbocycles. The zero-order valence-electron chi connectivity index (χ0n) is 22.5. The molecule has 0 aliphatic heterocycles. The molecule has 1 unspecified atom stereocenters. The fourth-order valence-electron chi connectivity index (χ4n) is 5.11. The molecule has 0 amide bonds. The van der Waals surface area contributed by atoms with Crippen LogP contribution >= 0.6 is 0 Å². The number of benzene rings is 2. The Kier molecular flexibility index (Phi) is 12.0. The fraction of sp³-hybridized carbons (Fsp3) is 0.533. The van der Waals surface area contributed by atoms with Gasteiger partial charge in [0.2, 0.25) is 0 Å². The average Bonchev–Trinajstić information content (AvgIpc) is 3.05. The van der Waals surface area contributed by atoms with Crippen LogP contribution in [0.4, 0.5) is 22.0 Å². The number of fused-ring (bicyclic) bond motifs is 1. The van der Waals surface area contributed by atoms with Crippen molar-refractivity contribution < 1.29 is 31.3 Å². The summed E-state index contributed by atoms with van der Waals surface area (Å²) in [6, 6.07) is 9.49. The number of allylic oxidation sites excluding steroid dienone is 2. The first-order valence-electron chi connectivity index (χ1n) is 13.6. The lowest BCUT2D eigenvalue weighted by atomic mass is 9.89. The second-order valence-corrected chi connectivity index (χ2v) is 12.0. The van der Waals surface area contributed by atoms with Crippen molar-refractivity contribution in [1.29, 1.82) is 0 Å². The van der Waals surface area contributed by atoms with E-state index in [0.29, 0.717) is 18.5 Å². The van der Waals surface area contributed by atoms with Crippen molar-refractivity contribution in [2.45, 2.75) is 70.4 Å². The lowest BCUT2D eigenvalue weighted by molar-refractivity contribution is -0.129. The number of aryl methyl sites for hydroxylation is 1. The highest BCUT2D eigenvalue weighted by atomic mass is 32.2. The van der Waals surface area contributed by atoms with Gasteiger partial charge in [-0.05, 0) is 117 Å². The maximum Gasteiger partial charge on any atom is 0.390 e. The van der Waals surface area contributed by atoms with Crippen molar-refractivity contribution >= 4 is 21.9 Å². The van der Waals surface area contributed by atoms with Crippen LogP contribution in [0, 0.1) is 11.6 Å². The molecule has 0 saturated heterocycles. The van der Waals surface area contributed by atoms with Gasteiger partial charge < -0.3 is 10.0 Å². The zero-order chi connectivity index (χ0) is 28.4. The highest BCUT2D eigenvalue weighted by Crippen LogP contribution is 2.40. The van der Waals surface area contributed by atoms with Gasteiger partial charge in [0.05, 0.1) is 6.42 Å². The molecule has 0 fully saturated rings. The molecule has 3 rings (SSSR count). The Morgan fingerprint density at radius 3 is 2.38 bits per heavy atom. The Labute approximate surface area is 230 Å². The molecule has 0 spiro atoms. The Hall–Kier alpha value is -2.26. The number of rotatable bonds is 14. The summed E-state index contributed by atoms with van der Waals surface area (Å²) in [5, 5.41) is 10.0. The van der Waals surface area contributed by atoms with E-state index in [4.69, 9.17) is 0 Å². The van der Waals surface area contributed by atoms with Gasteiger partial charge in [0.1, 0.15) is 5.75 Å². The molecule has 39 heavy (non-hydrogen) atoms. The number of hydrogen-bond donors (Lipinski definition) is 1. The second kappa shape index (κ2) is 14.9. The average molecular weight is 572 g/mol. The number of hydrogen-bond acceptors (Lipinski definition) is 3. The number of aromatic hydroxyl groups is 1. The van der Waals surface area contributed by atoms with Crippen molar-refractivity contribution in [2.75, 3.05) is 31.6 Å². The maximum atomic E-state index is 14.1. The number of unbranched alkanes of at least 4 members (excludes halogenated alkanes) is 3. The van der Waals surface area contributed by atoms with E-state index in [2.05, 4.69) is 4.90 Å². The van der Waals surface area contributed by atoms with Gasteiger partial charge in [-0.15, -0.1) is 0 Å². The van der Waals surface area contributed by atoms with E-state index in [0.717, 1.165) is 80.2 Å². The molecule has 1 N–H and O–H groups in total. The molecule has 3 nitrogen and oxygen atoms in total. The summed E-state index contributed by atoms with van der Waals surface area (Å²) in [5.41, 5.74) is 5.00. The number of phenols is 1. The fourth-order valence-corrected chi connectivity index (χ4v) is 6.23. The highest BCUT2D eigenvalue weighted by molar-refractivity contribution is 7.84. The van der Waals surface area contributed by atoms with Gasteiger partial charge >= 0.3 is 6.18 Å². The highest BCUT2D eigenvalue weighted by Gasteiger charge is 2.27. The predicted molar refractivity (Wildman–Crippen MR) is 148 cm³/mol. The molecule has 9 heteroatoms. The molecule has 0 heterocycles. The Bertz CT molecular complexity index is 1150. The molecule has 0 radical (unpaired) electrons. The molecular formula is C30H38F5NO2S. The first kappa shape index (κ1) is 31.3. The van der Waals surface area contributed by atoms with E-state index in [1.54, 1.807) is 18.2 Å². The number of halogens is 5. The van der Waals surface area contributed by atoms with Crippen LogP contribution in [0.2, 0.25) is 0 Å². The van der Waals surface area contributed by atoms with Gasteiger partial charge in [0.25, 0.3) is 0 Å². The SMILES string of the molecule is CN(CCCCCCC1=C(c2ccc(F)c(F)c2)CCCc2cc(O)ccc21)CCCS(=O)CCC(F)(F)F. The minimum absolute atomic E-state index is 0.223. The molecule has 0 bridgehead atoms. The van der Waals surface area contributed by atoms with E-state index in [9.17, 15) is 31.3 Å². The van der Waals surface area contributed by atoms with Crippen LogP contribution < -0.4 is 0 Å². The van der Waals surface area contributed by atoms with Gasteiger partial charge in [-0.1, -0.05) is 25.0 Å². The van der Waals surface area contributed by atoms with Crippen molar-refractivity contribution in [3.8, 4) is 5.75 Å².